The van der Waals surface area contributed by atoms with Gasteiger partial charge in [0.05, 0.1) is 5.69 Å². The van der Waals surface area contributed by atoms with E-state index in [0.29, 0.717) is 22.0 Å². The largest absolute Gasteiger partial charge is 0.350 e. The summed E-state index contributed by atoms with van der Waals surface area (Å²) in [6.07, 6.45) is 0. The number of hydrogen-bond acceptors (Lipinski definition) is 4. The fourth-order valence-corrected chi connectivity index (χ4v) is 4.27. The molecular weight excluding hydrogens is 473 g/mol. The molecule has 0 fully saturated rings. The third kappa shape index (κ3) is 4.55. The van der Waals surface area contributed by atoms with Crippen molar-refractivity contribution in [2.45, 2.75) is 20.8 Å². The van der Waals surface area contributed by atoms with Crippen LogP contribution in [0.1, 0.15) is 27.0 Å². The number of carbonyl (C=O) groups is 3. The molecule has 6 nitrogen and oxygen atoms in total. The number of imide groups is 1. The molecule has 0 unspecified atom stereocenters. The van der Waals surface area contributed by atoms with Crippen LogP contribution in [0, 0.1) is 20.8 Å². The topological polar surface area (TPSA) is 78.5 Å². The molecule has 1 aliphatic heterocycles. The zero-order valence-corrected chi connectivity index (χ0v) is 20.2. The maximum Gasteiger partial charge on any atom is 0.283 e. The second-order valence-electron chi connectivity index (χ2n) is 8.04. The monoisotopic (exact) mass is 493 g/mol. The number of anilines is 3. The van der Waals surface area contributed by atoms with Crippen LogP contribution in [0.3, 0.4) is 0 Å². The fourth-order valence-electron chi connectivity index (χ4n) is 3.87. The molecule has 0 saturated carbocycles. The van der Waals surface area contributed by atoms with Crippen molar-refractivity contribution in [1.82, 2.24) is 0 Å². The summed E-state index contributed by atoms with van der Waals surface area (Å²) in [6.45, 7) is 5.91. The molecule has 0 atom stereocenters. The summed E-state index contributed by atoms with van der Waals surface area (Å²) in [4.78, 5) is 39.2. The van der Waals surface area contributed by atoms with Gasteiger partial charge in [0.2, 0.25) is 0 Å². The first-order chi connectivity index (χ1) is 16.2. The highest BCUT2D eigenvalue weighted by Gasteiger charge is 2.39. The van der Waals surface area contributed by atoms with E-state index in [1.807, 2.05) is 32.9 Å². The normalized spacial score (nSPS) is 13.5. The van der Waals surface area contributed by atoms with Crippen LogP contribution in [0.25, 0.3) is 0 Å². The zero-order chi connectivity index (χ0) is 24.6. The van der Waals surface area contributed by atoms with Gasteiger partial charge in [-0.05, 0) is 74.4 Å². The number of nitrogens with one attached hydrogen (secondary N) is 2. The second-order valence-corrected chi connectivity index (χ2v) is 8.86. The van der Waals surface area contributed by atoms with Crippen LogP contribution in [0.15, 0.2) is 71.4 Å². The van der Waals surface area contributed by atoms with Crippen molar-refractivity contribution >= 4 is 58.0 Å². The van der Waals surface area contributed by atoms with Gasteiger partial charge in [0, 0.05) is 22.0 Å². The Morgan fingerprint density at radius 1 is 0.853 bits per heavy atom. The Morgan fingerprint density at radius 3 is 2.12 bits per heavy atom. The summed E-state index contributed by atoms with van der Waals surface area (Å²) in [6, 6.07) is 16.9. The minimum atomic E-state index is -0.642. The van der Waals surface area contributed by atoms with E-state index < -0.39 is 11.8 Å². The van der Waals surface area contributed by atoms with Gasteiger partial charge < -0.3 is 10.6 Å². The minimum Gasteiger partial charge on any atom is -0.350 e. The van der Waals surface area contributed by atoms with Gasteiger partial charge in [0.15, 0.2) is 0 Å². The van der Waals surface area contributed by atoms with Gasteiger partial charge in [-0.15, -0.1) is 0 Å². The molecule has 0 saturated heterocycles. The summed E-state index contributed by atoms with van der Waals surface area (Å²) in [5.41, 5.74) is 5.11. The molecule has 0 bridgehead atoms. The van der Waals surface area contributed by atoms with Crippen molar-refractivity contribution in [2.24, 2.45) is 0 Å². The Labute approximate surface area is 207 Å². The van der Waals surface area contributed by atoms with Crippen molar-refractivity contribution in [2.75, 3.05) is 15.5 Å². The van der Waals surface area contributed by atoms with Gasteiger partial charge in [-0.25, -0.2) is 4.90 Å². The highest BCUT2D eigenvalue weighted by Crippen LogP contribution is 2.31. The van der Waals surface area contributed by atoms with Crippen molar-refractivity contribution in [3.8, 4) is 0 Å². The van der Waals surface area contributed by atoms with E-state index in [4.69, 9.17) is 23.2 Å². The number of rotatable bonds is 5. The molecule has 172 valence electrons. The molecule has 0 aromatic heterocycles. The Balaban J connectivity index is 1.50. The van der Waals surface area contributed by atoms with Crippen LogP contribution < -0.4 is 15.5 Å². The molecular formula is C26H21Cl2N3O3. The summed E-state index contributed by atoms with van der Waals surface area (Å²) in [7, 11) is 0. The van der Waals surface area contributed by atoms with Crippen molar-refractivity contribution in [3.63, 3.8) is 0 Å². The van der Waals surface area contributed by atoms with Crippen molar-refractivity contribution < 1.29 is 14.4 Å². The summed E-state index contributed by atoms with van der Waals surface area (Å²) in [5, 5.41) is 6.02. The molecule has 2 N–H and O–H groups in total. The van der Waals surface area contributed by atoms with E-state index in [0.717, 1.165) is 27.3 Å². The van der Waals surface area contributed by atoms with Gasteiger partial charge in [0.25, 0.3) is 17.7 Å². The lowest BCUT2D eigenvalue weighted by Gasteiger charge is -2.15. The Morgan fingerprint density at radius 2 is 1.50 bits per heavy atom. The molecule has 8 heteroatoms. The quantitative estimate of drug-likeness (QED) is 0.430. The highest BCUT2D eigenvalue weighted by molar-refractivity contribution is 6.53. The summed E-state index contributed by atoms with van der Waals surface area (Å²) >= 11 is 12.2. The minimum absolute atomic E-state index is 0.0465. The molecule has 0 radical (unpaired) electrons. The lowest BCUT2D eigenvalue weighted by Crippen LogP contribution is -2.32. The van der Waals surface area contributed by atoms with Crippen LogP contribution >= 0.6 is 23.2 Å². The molecule has 1 heterocycles. The van der Waals surface area contributed by atoms with Crippen LogP contribution in [0.5, 0.6) is 0 Å². The van der Waals surface area contributed by atoms with Crippen LogP contribution in [-0.4, -0.2) is 17.7 Å². The number of halogens is 2. The molecule has 1 aliphatic rings. The number of benzene rings is 3. The molecule has 3 aromatic rings. The van der Waals surface area contributed by atoms with Crippen molar-refractivity contribution in [3.05, 3.63) is 98.7 Å². The lowest BCUT2D eigenvalue weighted by atomic mass is 10.0. The predicted octanol–water partition coefficient (Wildman–Crippen LogP) is 5.95. The van der Waals surface area contributed by atoms with E-state index >= 15 is 0 Å². The third-order valence-corrected chi connectivity index (χ3v) is 6.01. The van der Waals surface area contributed by atoms with Crippen LogP contribution in [0.4, 0.5) is 17.1 Å². The van der Waals surface area contributed by atoms with Gasteiger partial charge in [-0.3, -0.25) is 14.4 Å². The molecule has 3 aromatic carbocycles. The van der Waals surface area contributed by atoms with Gasteiger partial charge in [-0.2, -0.15) is 0 Å². The zero-order valence-electron chi connectivity index (χ0n) is 18.7. The van der Waals surface area contributed by atoms with E-state index in [-0.39, 0.29) is 16.6 Å². The van der Waals surface area contributed by atoms with Gasteiger partial charge in [-0.1, -0.05) is 47.0 Å². The van der Waals surface area contributed by atoms with Crippen LogP contribution in [-0.2, 0) is 9.59 Å². The lowest BCUT2D eigenvalue weighted by molar-refractivity contribution is -0.120. The van der Waals surface area contributed by atoms with Gasteiger partial charge >= 0.3 is 0 Å². The van der Waals surface area contributed by atoms with E-state index in [2.05, 4.69) is 10.6 Å². The van der Waals surface area contributed by atoms with Crippen LogP contribution in [0.2, 0.25) is 5.02 Å². The Bertz CT molecular complexity index is 1340. The Kier molecular flexibility index (Phi) is 6.46. The molecule has 0 aliphatic carbocycles. The first-order valence-electron chi connectivity index (χ1n) is 10.5. The highest BCUT2D eigenvalue weighted by atomic mass is 35.5. The maximum absolute atomic E-state index is 12.9. The number of hydrogen-bond donors (Lipinski definition) is 2. The van der Waals surface area contributed by atoms with Crippen molar-refractivity contribution in [1.29, 1.82) is 0 Å². The summed E-state index contributed by atoms with van der Waals surface area (Å²) < 4.78 is 0. The summed E-state index contributed by atoms with van der Waals surface area (Å²) in [5.74, 6) is -1.49. The Hall–Kier alpha value is -3.61. The van der Waals surface area contributed by atoms with Gasteiger partial charge in [0.1, 0.15) is 10.7 Å². The third-order valence-electron chi connectivity index (χ3n) is 5.43. The molecule has 0 spiro atoms. The predicted molar refractivity (Wildman–Crippen MR) is 135 cm³/mol. The number of nitrogens with zero attached hydrogens (tertiary/aromatic N) is 1. The standard InChI is InChI=1S/C26H21Cl2N3O3/c1-14-11-15(2)22(16(3)12-14)30-24(32)17-7-9-19(10-8-17)29-23-21(28)25(33)31(26(23)34)20-6-4-5-18(27)13-20/h4-13,29H,1-3H3,(H,30,32). The number of aryl methyl sites for hydroxylation is 3. The second kappa shape index (κ2) is 9.33. The molecule has 4 rings (SSSR count). The molecule has 3 amide bonds. The average Bonchev–Trinajstić information content (AvgIpc) is 2.99. The smallest absolute Gasteiger partial charge is 0.283 e. The fraction of sp³-hybridized carbons (Fsp3) is 0.115. The van der Waals surface area contributed by atoms with E-state index in [1.54, 1.807) is 42.5 Å². The molecule has 34 heavy (non-hydrogen) atoms. The number of carbonyl (C=O) groups excluding carboxylic acids is 3. The van der Waals surface area contributed by atoms with E-state index in [9.17, 15) is 14.4 Å². The SMILES string of the molecule is Cc1cc(C)c(NC(=O)c2ccc(NC3=C(Cl)C(=O)N(c4cccc(Cl)c4)C3=O)cc2)c(C)c1. The van der Waals surface area contributed by atoms with E-state index in [1.165, 1.54) is 6.07 Å². The number of amides is 3. The first kappa shape index (κ1) is 23.5. The maximum atomic E-state index is 12.9. The average molecular weight is 494 g/mol. The first-order valence-corrected chi connectivity index (χ1v) is 11.2.